The molecule has 0 aliphatic carbocycles. The van der Waals surface area contributed by atoms with Crippen molar-refractivity contribution < 1.29 is 29.5 Å². The van der Waals surface area contributed by atoms with E-state index in [4.69, 9.17) is 14.2 Å². The fourth-order valence-electron chi connectivity index (χ4n) is 4.54. The van der Waals surface area contributed by atoms with Crippen molar-refractivity contribution in [2.75, 3.05) is 0 Å². The minimum absolute atomic E-state index is 0.0393. The van der Waals surface area contributed by atoms with Crippen LogP contribution in [0.5, 0.6) is 23.0 Å². The summed E-state index contributed by atoms with van der Waals surface area (Å²) in [6, 6.07) is 39.4. The van der Waals surface area contributed by atoms with E-state index in [0.29, 0.717) is 41.6 Å². The molecule has 0 aromatic heterocycles. The lowest BCUT2D eigenvalue weighted by Gasteiger charge is -2.21. The van der Waals surface area contributed by atoms with Crippen LogP contribution in [0.2, 0.25) is 0 Å². The van der Waals surface area contributed by atoms with Crippen molar-refractivity contribution in [2.24, 2.45) is 0 Å². The lowest BCUT2D eigenvalue weighted by Crippen LogP contribution is -2.21. The van der Waals surface area contributed by atoms with Crippen LogP contribution < -0.4 is 14.2 Å². The van der Waals surface area contributed by atoms with E-state index < -0.39 is 12.2 Å². The Morgan fingerprint density at radius 1 is 0.524 bits per heavy atom. The lowest BCUT2D eigenvalue weighted by atomic mass is 9.97. The molecule has 0 bridgehead atoms. The summed E-state index contributed by atoms with van der Waals surface area (Å²) in [4.78, 5) is 0. The number of hydrogen-bond donors (Lipinski definition) is 3. The van der Waals surface area contributed by atoms with Gasteiger partial charge in [0.15, 0.2) is 0 Å². The van der Waals surface area contributed by atoms with Gasteiger partial charge in [0.2, 0.25) is 0 Å². The summed E-state index contributed by atoms with van der Waals surface area (Å²) in [5.41, 5.74) is 3.91. The third kappa shape index (κ3) is 7.91. The second kappa shape index (κ2) is 14.2. The van der Waals surface area contributed by atoms with Gasteiger partial charge < -0.3 is 29.5 Å². The first-order chi connectivity index (χ1) is 20.5. The van der Waals surface area contributed by atoms with Gasteiger partial charge in [0.25, 0.3) is 0 Å². The topological polar surface area (TPSA) is 88.4 Å². The molecule has 0 saturated heterocycles. The highest BCUT2D eigenvalue weighted by Gasteiger charge is 2.23. The molecule has 3 N–H and O–H groups in total. The van der Waals surface area contributed by atoms with Crippen molar-refractivity contribution in [2.45, 2.75) is 38.4 Å². The molecule has 2 atom stereocenters. The molecule has 6 nitrogen and oxygen atoms in total. The molecule has 0 heterocycles. The molecule has 0 radical (unpaired) electrons. The van der Waals surface area contributed by atoms with Crippen LogP contribution in [-0.4, -0.2) is 21.4 Å². The molecule has 0 aliphatic rings. The third-order valence-electron chi connectivity index (χ3n) is 6.89. The second-order valence-corrected chi connectivity index (χ2v) is 10.0. The molecular formula is C36H34O6. The first-order valence-corrected chi connectivity index (χ1v) is 13.9. The normalized spacial score (nSPS) is 12.3. The van der Waals surface area contributed by atoms with Crippen LogP contribution in [0, 0.1) is 0 Å². The van der Waals surface area contributed by atoms with Crippen molar-refractivity contribution in [3.8, 4) is 23.0 Å². The molecule has 5 aromatic carbocycles. The number of benzene rings is 5. The molecule has 0 fully saturated rings. The van der Waals surface area contributed by atoms with Gasteiger partial charge in [0.05, 0.1) is 6.10 Å². The summed E-state index contributed by atoms with van der Waals surface area (Å²) in [5, 5.41) is 33.0. The Morgan fingerprint density at radius 2 is 1.00 bits per heavy atom. The molecule has 0 aliphatic heterocycles. The zero-order chi connectivity index (χ0) is 29.1. The van der Waals surface area contributed by atoms with E-state index >= 15 is 0 Å². The standard InChI is InChI=1S/C36H34O6/c37-33-20-31(41-24-27-12-6-2-7-13-27)21-35(42-25-28-14-8-3-9-15-28)32(33)22-34(38)36(39)29-16-18-30(19-17-29)40-23-26-10-4-1-5-11-26/h1-21,34,36-39H,22-25H2/t34-,36-/m0/s1. The van der Waals surface area contributed by atoms with Gasteiger partial charge in [-0.3, -0.25) is 0 Å². The zero-order valence-electron chi connectivity index (χ0n) is 23.2. The van der Waals surface area contributed by atoms with Crippen LogP contribution in [0.3, 0.4) is 0 Å². The van der Waals surface area contributed by atoms with Crippen LogP contribution in [0.15, 0.2) is 127 Å². The van der Waals surface area contributed by atoms with Crippen molar-refractivity contribution in [3.05, 3.63) is 155 Å². The minimum Gasteiger partial charge on any atom is -0.507 e. The summed E-state index contributed by atoms with van der Waals surface area (Å²) in [6.07, 6.45) is -2.44. The molecule has 0 unspecified atom stereocenters. The SMILES string of the molecule is Oc1cc(OCc2ccccc2)cc(OCc2ccccc2)c1C[C@H](O)[C@@H](O)c1ccc(OCc2ccccc2)cc1. The Labute approximate surface area is 246 Å². The lowest BCUT2D eigenvalue weighted by molar-refractivity contribution is 0.0182. The Morgan fingerprint density at radius 3 is 1.52 bits per heavy atom. The summed E-state index contributed by atoms with van der Waals surface area (Å²) in [7, 11) is 0. The molecule has 0 spiro atoms. The van der Waals surface area contributed by atoms with E-state index in [1.54, 1.807) is 30.3 Å². The number of rotatable bonds is 13. The van der Waals surface area contributed by atoms with E-state index in [1.807, 2.05) is 91.0 Å². The Bertz CT molecular complexity index is 1520. The average molecular weight is 563 g/mol. The van der Waals surface area contributed by atoms with Gasteiger partial charge in [-0.15, -0.1) is 0 Å². The molecule has 5 aromatic rings. The number of phenols is 1. The van der Waals surface area contributed by atoms with Crippen molar-refractivity contribution >= 4 is 0 Å². The van der Waals surface area contributed by atoms with E-state index in [-0.39, 0.29) is 18.8 Å². The second-order valence-electron chi connectivity index (χ2n) is 10.0. The fourth-order valence-corrected chi connectivity index (χ4v) is 4.54. The summed E-state index contributed by atoms with van der Waals surface area (Å²) < 4.78 is 17.9. The zero-order valence-corrected chi connectivity index (χ0v) is 23.2. The van der Waals surface area contributed by atoms with Crippen LogP contribution in [0.25, 0.3) is 0 Å². The number of aliphatic hydroxyl groups is 2. The van der Waals surface area contributed by atoms with Gasteiger partial charge in [-0.2, -0.15) is 0 Å². The first-order valence-electron chi connectivity index (χ1n) is 13.9. The van der Waals surface area contributed by atoms with Crippen LogP contribution >= 0.6 is 0 Å². The molecule has 5 rings (SSSR count). The maximum atomic E-state index is 11.0. The highest BCUT2D eigenvalue weighted by Crippen LogP contribution is 2.37. The van der Waals surface area contributed by atoms with E-state index in [1.165, 1.54) is 6.07 Å². The quantitative estimate of drug-likeness (QED) is 0.147. The third-order valence-corrected chi connectivity index (χ3v) is 6.89. The molecule has 0 amide bonds. The minimum atomic E-state index is -1.21. The predicted molar refractivity (Wildman–Crippen MR) is 162 cm³/mol. The molecule has 0 saturated carbocycles. The monoisotopic (exact) mass is 562 g/mol. The van der Waals surface area contributed by atoms with Gasteiger partial charge >= 0.3 is 0 Å². The first kappa shape index (κ1) is 28.7. The van der Waals surface area contributed by atoms with Crippen molar-refractivity contribution in [1.29, 1.82) is 0 Å². The number of aliphatic hydroxyl groups excluding tert-OH is 2. The van der Waals surface area contributed by atoms with E-state index in [0.717, 1.165) is 16.7 Å². The van der Waals surface area contributed by atoms with Gasteiger partial charge in [-0.25, -0.2) is 0 Å². The summed E-state index contributed by atoms with van der Waals surface area (Å²) >= 11 is 0. The number of ether oxygens (including phenoxy) is 3. The molecule has 42 heavy (non-hydrogen) atoms. The maximum Gasteiger partial charge on any atom is 0.130 e. The Hall–Kier alpha value is -4.78. The smallest absolute Gasteiger partial charge is 0.130 e. The van der Waals surface area contributed by atoms with E-state index in [9.17, 15) is 15.3 Å². The van der Waals surface area contributed by atoms with Crippen molar-refractivity contribution in [1.82, 2.24) is 0 Å². The molecular weight excluding hydrogens is 528 g/mol. The summed E-state index contributed by atoms with van der Waals surface area (Å²) in [6.45, 7) is 1.02. The van der Waals surface area contributed by atoms with Crippen molar-refractivity contribution in [3.63, 3.8) is 0 Å². The van der Waals surface area contributed by atoms with Gasteiger partial charge in [-0.05, 0) is 34.4 Å². The van der Waals surface area contributed by atoms with Crippen LogP contribution in [0.4, 0.5) is 0 Å². The van der Waals surface area contributed by atoms with Crippen LogP contribution in [0.1, 0.15) is 33.9 Å². The maximum absolute atomic E-state index is 11.0. The fraction of sp³-hybridized carbons (Fsp3) is 0.167. The van der Waals surface area contributed by atoms with Crippen LogP contribution in [-0.2, 0) is 26.2 Å². The van der Waals surface area contributed by atoms with E-state index in [2.05, 4.69) is 0 Å². The molecule has 214 valence electrons. The number of phenolic OH excluding ortho intramolecular Hbond substituents is 1. The highest BCUT2D eigenvalue weighted by atomic mass is 16.5. The highest BCUT2D eigenvalue weighted by molar-refractivity contribution is 5.50. The summed E-state index contributed by atoms with van der Waals surface area (Å²) in [5.74, 6) is 1.38. The largest absolute Gasteiger partial charge is 0.507 e. The van der Waals surface area contributed by atoms with Gasteiger partial charge in [-0.1, -0.05) is 103 Å². The van der Waals surface area contributed by atoms with Gasteiger partial charge in [0, 0.05) is 24.1 Å². The molecule has 6 heteroatoms. The Balaban J connectivity index is 1.28. The number of aromatic hydroxyl groups is 1. The average Bonchev–Trinajstić information content (AvgIpc) is 3.04. The Kier molecular flexibility index (Phi) is 9.73. The number of hydrogen-bond acceptors (Lipinski definition) is 6. The van der Waals surface area contributed by atoms with Gasteiger partial charge in [0.1, 0.15) is 48.9 Å². The predicted octanol–water partition coefficient (Wildman–Crippen LogP) is 6.77.